The quantitative estimate of drug-likeness (QED) is 0.875. The highest BCUT2D eigenvalue weighted by molar-refractivity contribution is 7.91. The van der Waals surface area contributed by atoms with E-state index in [0.717, 1.165) is 17.8 Å². The van der Waals surface area contributed by atoms with E-state index in [1.165, 1.54) is 5.56 Å². The van der Waals surface area contributed by atoms with Gasteiger partial charge in [-0.3, -0.25) is 4.68 Å². The zero-order chi connectivity index (χ0) is 18.1. The van der Waals surface area contributed by atoms with Crippen molar-refractivity contribution in [2.75, 3.05) is 18.1 Å². The van der Waals surface area contributed by atoms with Crippen LogP contribution in [0.15, 0.2) is 36.4 Å². The topological polar surface area (TPSA) is 84.3 Å². The highest BCUT2D eigenvalue weighted by Crippen LogP contribution is 2.17. The number of sulfone groups is 1. The summed E-state index contributed by atoms with van der Waals surface area (Å²) >= 11 is 0. The lowest BCUT2D eigenvalue weighted by Crippen LogP contribution is -2.48. The maximum atomic E-state index is 12.5. The van der Waals surface area contributed by atoms with Crippen LogP contribution < -0.4 is 5.32 Å². The number of carbonyl (C=O) groups is 1. The predicted octanol–water partition coefficient (Wildman–Crippen LogP) is 1.19. The maximum Gasteiger partial charge on any atom is 0.318 e. The molecule has 0 spiro atoms. The number of fused-ring (bicyclic) bond motifs is 1. The summed E-state index contributed by atoms with van der Waals surface area (Å²) in [6.07, 6.45) is 1.27. The van der Waals surface area contributed by atoms with E-state index in [4.69, 9.17) is 0 Å². The van der Waals surface area contributed by atoms with Gasteiger partial charge in [0.2, 0.25) is 0 Å². The average molecular weight is 374 g/mol. The molecule has 1 saturated heterocycles. The third-order valence-electron chi connectivity index (χ3n) is 4.92. The summed E-state index contributed by atoms with van der Waals surface area (Å²) in [7, 11) is -2.99. The molecule has 138 valence electrons. The minimum Gasteiger partial charge on any atom is -0.334 e. The number of nitrogens with one attached hydrogen (secondary N) is 1. The molecule has 1 aromatic carbocycles. The van der Waals surface area contributed by atoms with E-state index < -0.39 is 9.84 Å². The van der Waals surface area contributed by atoms with Crippen molar-refractivity contribution in [3.8, 4) is 0 Å². The number of benzene rings is 1. The number of aromatic nitrogens is 2. The molecule has 26 heavy (non-hydrogen) atoms. The normalized spacial score (nSPS) is 21.4. The van der Waals surface area contributed by atoms with E-state index >= 15 is 0 Å². The third-order valence-corrected chi connectivity index (χ3v) is 6.69. The molecule has 0 aliphatic carbocycles. The average Bonchev–Trinajstić information content (AvgIpc) is 3.16. The van der Waals surface area contributed by atoms with Crippen molar-refractivity contribution in [3.05, 3.63) is 53.3 Å². The lowest BCUT2D eigenvalue weighted by Gasteiger charge is -2.28. The number of hydrogen-bond donors (Lipinski definition) is 1. The second-order valence-corrected chi connectivity index (χ2v) is 9.21. The van der Waals surface area contributed by atoms with Gasteiger partial charge in [0.1, 0.15) is 0 Å². The van der Waals surface area contributed by atoms with Crippen LogP contribution >= 0.6 is 0 Å². The van der Waals surface area contributed by atoms with Gasteiger partial charge in [0, 0.05) is 19.0 Å². The third kappa shape index (κ3) is 3.75. The van der Waals surface area contributed by atoms with Crippen molar-refractivity contribution < 1.29 is 13.2 Å². The fourth-order valence-electron chi connectivity index (χ4n) is 3.57. The molecule has 0 bridgehead atoms. The van der Waals surface area contributed by atoms with Crippen LogP contribution in [0.5, 0.6) is 0 Å². The zero-order valence-corrected chi connectivity index (χ0v) is 15.3. The summed E-state index contributed by atoms with van der Waals surface area (Å²) < 4.78 is 25.0. The number of nitrogens with zero attached hydrogens (tertiary/aromatic N) is 3. The second-order valence-electron chi connectivity index (χ2n) is 6.98. The van der Waals surface area contributed by atoms with Gasteiger partial charge in [0.25, 0.3) is 0 Å². The van der Waals surface area contributed by atoms with Crippen LogP contribution in [0.4, 0.5) is 4.79 Å². The van der Waals surface area contributed by atoms with Crippen LogP contribution in [0.3, 0.4) is 0 Å². The van der Waals surface area contributed by atoms with Gasteiger partial charge in [-0.05, 0) is 18.1 Å². The molecule has 2 aliphatic heterocycles. The van der Waals surface area contributed by atoms with Gasteiger partial charge < -0.3 is 10.2 Å². The Hall–Kier alpha value is -2.35. The van der Waals surface area contributed by atoms with Crippen molar-refractivity contribution in [3.63, 3.8) is 0 Å². The largest absolute Gasteiger partial charge is 0.334 e. The Balaban J connectivity index is 1.39. The monoisotopic (exact) mass is 374 g/mol. The first-order chi connectivity index (χ1) is 12.5. The van der Waals surface area contributed by atoms with Crippen molar-refractivity contribution in [2.45, 2.75) is 32.0 Å². The minimum absolute atomic E-state index is 0.0474. The lowest BCUT2D eigenvalue weighted by molar-refractivity contribution is 0.178. The number of urea groups is 1. The number of hydrogen-bond acceptors (Lipinski definition) is 4. The van der Waals surface area contributed by atoms with E-state index in [-0.39, 0.29) is 23.6 Å². The van der Waals surface area contributed by atoms with Crippen molar-refractivity contribution in [1.29, 1.82) is 0 Å². The van der Waals surface area contributed by atoms with E-state index in [1.54, 1.807) is 4.90 Å². The number of amides is 2. The summed E-state index contributed by atoms with van der Waals surface area (Å²) in [6, 6.07) is 11.8. The summed E-state index contributed by atoms with van der Waals surface area (Å²) in [4.78, 5) is 14.2. The van der Waals surface area contributed by atoms with Gasteiger partial charge in [-0.25, -0.2) is 13.2 Å². The number of carbonyl (C=O) groups excluding carboxylic acids is 1. The van der Waals surface area contributed by atoms with Crippen LogP contribution in [0.25, 0.3) is 0 Å². The van der Waals surface area contributed by atoms with Gasteiger partial charge >= 0.3 is 6.03 Å². The molecule has 1 atom stereocenters. The summed E-state index contributed by atoms with van der Waals surface area (Å²) in [5.41, 5.74) is 3.21. The first-order valence-corrected chi connectivity index (χ1v) is 10.7. The summed E-state index contributed by atoms with van der Waals surface area (Å²) in [5, 5.41) is 7.50. The minimum atomic E-state index is -2.99. The predicted molar refractivity (Wildman–Crippen MR) is 97.5 cm³/mol. The zero-order valence-electron chi connectivity index (χ0n) is 14.5. The SMILES string of the molecule is O=C(N[C@H]1CCS(=O)(=O)C1)N1CCn2nc(Cc3ccccc3)cc2C1. The van der Waals surface area contributed by atoms with Crippen molar-refractivity contribution >= 4 is 15.9 Å². The van der Waals surface area contributed by atoms with Crippen LogP contribution in [0.2, 0.25) is 0 Å². The van der Waals surface area contributed by atoms with Gasteiger partial charge in [0.05, 0.1) is 36.0 Å². The molecule has 2 aliphatic rings. The molecule has 0 unspecified atom stereocenters. The Bertz CT molecular complexity index is 908. The van der Waals surface area contributed by atoms with Crippen LogP contribution in [-0.2, 0) is 29.3 Å². The van der Waals surface area contributed by atoms with Crippen molar-refractivity contribution in [2.24, 2.45) is 0 Å². The molecule has 1 fully saturated rings. The summed E-state index contributed by atoms with van der Waals surface area (Å²) in [5.74, 6) is 0.208. The molecule has 7 nitrogen and oxygen atoms in total. The van der Waals surface area contributed by atoms with Gasteiger partial charge in [-0.2, -0.15) is 5.10 Å². The summed E-state index contributed by atoms with van der Waals surface area (Å²) in [6.45, 7) is 1.72. The Kier molecular flexibility index (Phi) is 4.44. The van der Waals surface area contributed by atoms with Crippen LogP contribution in [-0.4, -0.2) is 53.2 Å². The molecule has 0 saturated carbocycles. The highest BCUT2D eigenvalue weighted by Gasteiger charge is 2.31. The van der Waals surface area contributed by atoms with E-state index in [0.29, 0.717) is 26.1 Å². The van der Waals surface area contributed by atoms with Gasteiger partial charge in [-0.15, -0.1) is 0 Å². The molecule has 1 aromatic heterocycles. The molecule has 8 heteroatoms. The van der Waals surface area contributed by atoms with E-state index in [9.17, 15) is 13.2 Å². The molecule has 4 rings (SSSR count). The van der Waals surface area contributed by atoms with E-state index in [1.807, 2.05) is 28.9 Å². The Morgan fingerprint density at radius 3 is 2.77 bits per heavy atom. The van der Waals surface area contributed by atoms with Crippen LogP contribution in [0, 0.1) is 0 Å². The molecule has 2 aromatic rings. The lowest BCUT2D eigenvalue weighted by atomic mass is 10.1. The van der Waals surface area contributed by atoms with E-state index in [2.05, 4.69) is 22.5 Å². The number of rotatable bonds is 3. The molecule has 0 radical (unpaired) electrons. The van der Waals surface area contributed by atoms with Crippen LogP contribution in [0.1, 0.15) is 23.4 Å². The maximum absolute atomic E-state index is 12.5. The smallest absolute Gasteiger partial charge is 0.318 e. The fraction of sp³-hybridized carbons (Fsp3) is 0.444. The Morgan fingerprint density at radius 2 is 2.04 bits per heavy atom. The van der Waals surface area contributed by atoms with Gasteiger partial charge in [-0.1, -0.05) is 30.3 Å². The molecule has 3 heterocycles. The standard InChI is InChI=1S/C18H22N4O3S/c23-18(19-15-6-9-26(24,25)13-15)21-7-8-22-17(12-21)11-16(20-22)10-14-4-2-1-3-5-14/h1-5,11,15H,6-10,12-13H2,(H,19,23)/t15-/m0/s1. The molecule has 2 amide bonds. The molecule has 1 N–H and O–H groups in total. The van der Waals surface area contributed by atoms with Crippen molar-refractivity contribution in [1.82, 2.24) is 20.0 Å². The fourth-order valence-corrected chi connectivity index (χ4v) is 5.24. The molecular formula is C18H22N4O3S. The second kappa shape index (κ2) is 6.75. The Morgan fingerprint density at radius 1 is 1.23 bits per heavy atom. The Labute approximate surface area is 152 Å². The first kappa shape index (κ1) is 17.1. The highest BCUT2D eigenvalue weighted by atomic mass is 32.2. The molecular weight excluding hydrogens is 352 g/mol. The van der Waals surface area contributed by atoms with Gasteiger partial charge in [0.15, 0.2) is 9.84 Å². The first-order valence-electron chi connectivity index (χ1n) is 8.84.